The first-order valence-electron chi connectivity index (χ1n) is 6.21. The quantitative estimate of drug-likeness (QED) is 0.668. The Morgan fingerprint density at radius 1 is 1.05 bits per heavy atom. The van der Waals surface area contributed by atoms with Gasteiger partial charge >= 0.3 is 0 Å². The Labute approximate surface area is 123 Å². The first-order valence-corrected chi connectivity index (χ1v) is 6.21. The fourth-order valence-electron chi connectivity index (χ4n) is 1.72. The van der Waals surface area contributed by atoms with Crippen LogP contribution in [-0.2, 0) is 0 Å². The van der Waals surface area contributed by atoms with Gasteiger partial charge in [-0.05, 0) is 18.2 Å². The summed E-state index contributed by atoms with van der Waals surface area (Å²) in [6.45, 7) is 0. The summed E-state index contributed by atoms with van der Waals surface area (Å²) in [5, 5.41) is 19.5. The van der Waals surface area contributed by atoms with E-state index in [-0.39, 0.29) is 23.1 Å². The van der Waals surface area contributed by atoms with Crippen molar-refractivity contribution in [1.82, 2.24) is 19.9 Å². The topological polar surface area (TPSA) is 121 Å². The lowest BCUT2D eigenvalue weighted by Gasteiger charge is -2.08. The molecule has 3 N–H and O–H groups in total. The highest BCUT2D eigenvalue weighted by Crippen LogP contribution is 2.31. The third-order valence-corrected chi connectivity index (χ3v) is 2.71. The van der Waals surface area contributed by atoms with Gasteiger partial charge in [-0.1, -0.05) is 12.1 Å². The zero-order chi connectivity index (χ0) is 15.5. The minimum atomic E-state index is -0.724. The van der Waals surface area contributed by atoms with Crippen LogP contribution in [0.25, 0.3) is 11.6 Å². The van der Waals surface area contributed by atoms with Crippen molar-refractivity contribution < 1.29 is 14.9 Å². The molecule has 1 aromatic carbocycles. The van der Waals surface area contributed by atoms with Crippen LogP contribution in [0.15, 0.2) is 47.5 Å². The largest absolute Gasteiger partial charge is 0.504 e. The standard InChI is InChI=1S/C14H10N4O4/c19-8-4-1-2-5-9(8)22-10-13(20)17-12(18-14(10)21)11-15-6-3-7-16-11/h1-7,19H,(H2,17,18,20,21). The molecule has 3 rings (SSSR count). The minimum Gasteiger partial charge on any atom is -0.504 e. The molecule has 0 aliphatic heterocycles. The third kappa shape index (κ3) is 2.57. The van der Waals surface area contributed by atoms with Crippen LogP contribution in [-0.4, -0.2) is 30.1 Å². The van der Waals surface area contributed by atoms with Crippen molar-refractivity contribution >= 4 is 0 Å². The van der Waals surface area contributed by atoms with E-state index in [4.69, 9.17) is 4.74 Å². The lowest BCUT2D eigenvalue weighted by Crippen LogP contribution is -2.12. The molecule has 0 atom stereocenters. The van der Waals surface area contributed by atoms with Crippen molar-refractivity contribution in [2.45, 2.75) is 0 Å². The molecule has 0 amide bonds. The number of phenols is 1. The first-order chi connectivity index (χ1) is 10.6. The molecule has 3 aromatic rings. The number of nitrogens with one attached hydrogen (secondary N) is 1. The second kappa shape index (κ2) is 5.52. The molecule has 0 saturated carbocycles. The van der Waals surface area contributed by atoms with Crippen LogP contribution >= 0.6 is 0 Å². The first kappa shape index (κ1) is 13.6. The summed E-state index contributed by atoms with van der Waals surface area (Å²) >= 11 is 0. The molecule has 2 aromatic heterocycles. The summed E-state index contributed by atoms with van der Waals surface area (Å²) in [5.74, 6) is -1.04. The van der Waals surface area contributed by atoms with Gasteiger partial charge in [-0.2, -0.15) is 4.98 Å². The highest BCUT2D eigenvalue weighted by Gasteiger charge is 2.16. The molecule has 8 nitrogen and oxygen atoms in total. The van der Waals surface area contributed by atoms with Crippen molar-refractivity contribution in [3.63, 3.8) is 0 Å². The summed E-state index contributed by atoms with van der Waals surface area (Å²) in [6, 6.07) is 7.65. The van der Waals surface area contributed by atoms with Crippen LogP contribution in [0.2, 0.25) is 0 Å². The van der Waals surface area contributed by atoms with Crippen LogP contribution in [0.4, 0.5) is 0 Å². The number of hydrogen-bond donors (Lipinski definition) is 3. The molecule has 0 aliphatic rings. The van der Waals surface area contributed by atoms with Gasteiger partial charge in [0.2, 0.25) is 0 Å². The molecule has 0 unspecified atom stereocenters. The molecular weight excluding hydrogens is 288 g/mol. The van der Waals surface area contributed by atoms with Crippen LogP contribution in [0.3, 0.4) is 0 Å². The molecule has 8 heteroatoms. The normalized spacial score (nSPS) is 10.4. The van der Waals surface area contributed by atoms with Gasteiger partial charge < -0.3 is 19.9 Å². The molecule has 0 fully saturated rings. The average molecular weight is 298 g/mol. The SMILES string of the molecule is O=c1[nH]c(-c2ncccn2)nc(O)c1Oc1ccccc1O. The fourth-order valence-corrected chi connectivity index (χ4v) is 1.72. The molecule has 0 radical (unpaired) electrons. The van der Waals surface area contributed by atoms with Crippen LogP contribution < -0.4 is 10.3 Å². The van der Waals surface area contributed by atoms with E-state index in [1.165, 1.54) is 24.5 Å². The second-order valence-electron chi connectivity index (χ2n) is 4.21. The highest BCUT2D eigenvalue weighted by molar-refractivity contribution is 5.48. The summed E-state index contributed by atoms with van der Waals surface area (Å²) in [7, 11) is 0. The number of hydrogen-bond acceptors (Lipinski definition) is 7. The van der Waals surface area contributed by atoms with E-state index < -0.39 is 17.2 Å². The smallest absolute Gasteiger partial charge is 0.298 e. The minimum absolute atomic E-state index is 0.00716. The van der Waals surface area contributed by atoms with Crippen LogP contribution in [0, 0.1) is 0 Å². The Morgan fingerprint density at radius 3 is 2.45 bits per heavy atom. The monoisotopic (exact) mass is 298 g/mol. The maximum Gasteiger partial charge on any atom is 0.298 e. The number of phenolic OH excluding ortho intramolecular Hbond substituents is 1. The summed E-state index contributed by atoms with van der Waals surface area (Å²) in [5.41, 5.74) is -0.724. The summed E-state index contributed by atoms with van der Waals surface area (Å²) < 4.78 is 5.21. The van der Waals surface area contributed by atoms with E-state index in [0.717, 1.165) is 0 Å². The Morgan fingerprint density at radius 2 is 1.77 bits per heavy atom. The molecule has 0 bridgehead atoms. The summed E-state index contributed by atoms with van der Waals surface area (Å²) in [4.78, 5) is 26.1. The van der Waals surface area contributed by atoms with Crippen LogP contribution in [0.5, 0.6) is 23.1 Å². The van der Waals surface area contributed by atoms with Gasteiger partial charge in [0.15, 0.2) is 23.1 Å². The number of H-pyrrole nitrogens is 1. The van der Waals surface area contributed by atoms with Gasteiger partial charge in [-0.25, -0.2) is 9.97 Å². The maximum atomic E-state index is 12.0. The van der Waals surface area contributed by atoms with Crippen molar-refractivity contribution in [2.24, 2.45) is 0 Å². The van der Waals surface area contributed by atoms with Crippen molar-refractivity contribution in [2.75, 3.05) is 0 Å². The van der Waals surface area contributed by atoms with E-state index >= 15 is 0 Å². The van der Waals surface area contributed by atoms with E-state index in [2.05, 4.69) is 19.9 Å². The van der Waals surface area contributed by atoms with E-state index in [1.807, 2.05) is 0 Å². The molecule has 0 saturated heterocycles. The Balaban J connectivity index is 2.01. The number of rotatable bonds is 3. The van der Waals surface area contributed by atoms with Gasteiger partial charge in [0.1, 0.15) is 0 Å². The summed E-state index contributed by atoms with van der Waals surface area (Å²) in [6.07, 6.45) is 2.96. The number of ether oxygens (including phenoxy) is 1. The van der Waals surface area contributed by atoms with Gasteiger partial charge in [0.25, 0.3) is 17.2 Å². The number of para-hydroxylation sites is 2. The molecular formula is C14H10N4O4. The number of aromatic amines is 1. The predicted octanol–water partition coefficient (Wildman–Crippen LogP) is 1.43. The van der Waals surface area contributed by atoms with Gasteiger partial charge in [0.05, 0.1) is 0 Å². The van der Waals surface area contributed by atoms with Crippen LogP contribution in [0.1, 0.15) is 0 Å². The Hall–Kier alpha value is -3.42. The maximum absolute atomic E-state index is 12.0. The van der Waals surface area contributed by atoms with E-state index in [1.54, 1.807) is 18.2 Å². The van der Waals surface area contributed by atoms with E-state index in [0.29, 0.717) is 0 Å². The fraction of sp³-hybridized carbons (Fsp3) is 0. The number of aromatic hydroxyl groups is 2. The number of benzene rings is 1. The van der Waals surface area contributed by atoms with Gasteiger partial charge in [-0.3, -0.25) is 4.79 Å². The second-order valence-corrected chi connectivity index (χ2v) is 4.21. The lowest BCUT2D eigenvalue weighted by atomic mass is 10.3. The zero-order valence-electron chi connectivity index (χ0n) is 11.1. The number of nitrogens with zero attached hydrogens (tertiary/aromatic N) is 3. The van der Waals surface area contributed by atoms with Gasteiger partial charge in [0, 0.05) is 12.4 Å². The molecule has 110 valence electrons. The lowest BCUT2D eigenvalue weighted by molar-refractivity contribution is 0.371. The van der Waals surface area contributed by atoms with E-state index in [9.17, 15) is 15.0 Å². The molecule has 22 heavy (non-hydrogen) atoms. The molecule has 2 heterocycles. The van der Waals surface area contributed by atoms with Crippen molar-refractivity contribution in [3.8, 4) is 34.8 Å². The van der Waals surface area contributed by atoms with Gasteiger partial charge in [-0.15, -0.1) is 0 Å². The molecule has 0 spiro atoms. The van der Waals surface area contributed by atoms with Crippen molar-refractivity contribution in [3.05, 3.63) is 53.1 Å². The van der Waals surface area contributed by atoms with Crippen molar-refractivity contribution in [1.29, 1.82) is 0 Å². The Kier molecular flexibility index (Phi) is 3.40. The zero-order valence-corrected chi connectivity index (χ0v) is 11.1. The number of aromatic nitrogens is 4. The Bertz CT molecular complexity index is 864. The highest BCUT2D eigenvalue weighted by atomic mass is 16.5. The third-order valence-electron chi connectivity index (χ3n) is 2.71. The predicted molar refractivity (Wildman–Crippen MR) is 75.7 cm³/mol. The average Bonchev–Trinajstić information content (AvgIpc) is 2.53. The molecule has 0 aliphatic carbocycles.